The predicted octanol–water partition coefficient (Wildman–Crippen LogP) is 3.02. The zero-order valence-electron chi connectivity index (χ0n) is 17.7. The van der Waals surface area contributed by atoms with Crippen LogP contribution in [0.3, 0.4) is 0 Å². The molecule has 31 heavy (non-hydrogen) atoms. The number of anilines is 1. The molecule has 0 saturated carbocycles. The summed E-state index contributed by atoms with van der Waals surface area (Å²) in [7, 11) is 0. The molecule has 1 aromatic heterocycles. The fourth-order valence-electron chi connectivity index (χ4n) is 3.10. The van der Waals surface area contributed by atoms with Crippen LogP contribution in [0.2, 0.25) is 0 Å². The van der Waals surface area contributed by atoms with Gasteiger partial charge < -0.3 is 16.0 Å². The summed E-state index contributed by atoms with van der Waals surface area (Å²) >= 11 is 0. The van der Waals surface area contributed by atoms with Crippen LogP contribution in [0.5, 0.6) is 0 Å². The van der Waals surface area contributed by atoms with E-state index in [0.29, 0.717) is 42.5 Å². The first-order valence-corrected chi connectivity index (χ1v) is 10.3. The van der Waals surface area contributed by atoms with E-state index >= 15 is 0 Å². The third kappa shape index (κ3) is 6.40. The lowest BCUT2D eigenvalue weighted by Gasteiger charge is -2.11. The van der Waals surface area contributed by atoms with Gasteiger partial charge in [-0.2, -0.15) is 0 Å². The van der Waals surface area contributed by atoms with Crippen molar-refractivity contribution in [2.45, 2.75) is 45.8 Å². The van der Waals surface area contributed by atoms with E-state index in [1.54, 1.807) is 24.3 Å². The number of aryl methyl sites for hydroxylation is 1. The fraction of sp³-hybridized carbons (Fsp3) is 0.304. The molecule has 8 heteroatoms. The van der Waals surface area contributed by atoms with E-state index in [9.17, 15) is 14.4 Å². The minimum absolute atomic E-state index is 0.0608. The zero-order valence-corrected chi connectivity index (χ0v) is 17.7. The molecule has 0 fully saturated rings. The third-order valence-corrected chi connectivity index (χ3v) is 4.66. The second-order valence-electron chi connectivity index (χ2n) is 7.59. The van der Waals surface area contributed by atoms with Gasteiger partial charge in [0, 0.05) is 31.2 Å². The average molecular weight is 422 g/mol. The van der Waals surface area contributed by atoms with Crippen LogP contribution in [-0.2, 0) is 17.9 Å². The van der Waals surface area contributed by atoms with Crippen molar-refractivity contribution >= 4 is 28.5 Å². The number of benzene rings is 2. The Morgan fingerprint density at radius 1 is 1.06 bits per heavy atom. The van der Waals surface area contributed by atoms with Crippen LogP contribution in [0.25, 0.3) is 10.9 Å². The molecule has 3 amide bonds. The van der Waals surface area contributed by atoms with Gasteiger partial charge in [0.1, 0.15) is 0 Å². The minimum atomic E-state index is -0.253. The molecule has 162 valence electrons. The molecule has 0 bridgehead atoms. The van der Waals surface area contributed by atoms with Crippen molar-refractivity contribution in [3.05, 3.63) is 70.8 Å². The van der Waals surface area contributed by atoms with Crippen molar-refractivity contribution in [1.29, 1.82) is 0 Å². The highest BCUT2D eigenvalue weighted by Gasteiger charge is 2.06. The summed E-state index contributed by atoms with van der Waals surface area (Å²) in [6.45, 7) is 4.61. The van der Waals surface area contributed by atoms with Gasteiger partial charge in [0.2, 0.25) is 5.91 Å². The number of carbonyl (C=O) groups excluding carboxylic acids is 2. The Hall–Kier alpha value is -3.68. The summed E-state index contributed by atoms with van der Waals surface area (Å²) in [5.74, 6) is -0.0830. The van der Waals surface area contributed by atoms with Crippen molar-refractivity contribution in [2.24, 2.45) is 0 Å². The van der Waals surface area contributed by atoms with Gasteiger partial charge in [-0.3, -0.25) is 14.2 Å². The van der Waals surface area contributed by atoms with Crippen molar-refractivity contribution in [1.82, 2.24) is 20.2 Å². The molecular weight excluding hydrogens is 394 g/mol. The van der Waals surface area contributed by atoms with Gasteiger partial charge in [0.05, 0.1) is 17.2 Å². The first-order valence-electron chi connectivity index (χ1n) is 10.3. The van der Waals surface area contributed by atoms with Crippen molar-refractivity contribution < 1.29 is 9.59 Å². The fourth-order valence-corrected chi connectivity index (χ4v) is 3.10. The standard InChI is InChI=1S/C23H27N5O3/c1-16(2)26-23(31)27-18-11-9-17(10-12-18)14-24-21(29)8-5-13-28-15-25-20-7-4-3-6-19(20)22(28)30/h3-4,6-7,9-12,15-16H,5,8,13-14H2,1-2H3,(H,24,29)(H2,26,27,31). The number of nitrogens with zero attached hydrogens (tertiary/aromatic N) is 2. The highest BCUT2D eigenvalue weighted by Crippen LogP contribution is 2.10. The maximum absolute atomic E-state index is 12.5. The van der Waals surface area contributed by atoms with Gasteiger partial charge in [0.25, 0.3) is 5.56 Å². The Morgan fingerprint density at radius 2 is 1.81 bits per heavy atom. The second-order valence-corrected chi connectivity index (χ2v) is 7.59. The normalized spacial score (nSPS) is 10.8. The van der Waals surface area contributed by atoms with E-state index in [4.69, 9.17) is 0 Å². The minimum Gasteiger partial charge on any atom is -0.352 e. The number of nitrogens with one attached hydrogen (secondary N) is 3. The van der Waals surface area contributed by atoms with Crippen LogP contribution in [0.1, 0.15) is 32.3 Å². The average Bonchev–Trinajstić information content (AvgIpc) is 2.74. The summed E-state index contributed by atoms with van der Waals surface area (Å²) < 4.78 is 1.54. The molecule has 3 rings (SSSR count). The maximum atomic E-state index is 12.5. The maximum Gasteiger partial charge on any atom is 0.319 e. The van der Waals surface area contributed by atoms with E-state index < -0.39 is 0 Å². The first kappa shape index (κ1) is 22.0. The van der Waals surface area contributed by atoms with Gasteiger partial charge in [-0.1, -0.05) is 24.3 Å². The van der Waals surface area contributed by atoms with E-state index in [1.165, 1.54) is 10.9 Å². The van der Waals surface area contributed by atoms with E-state index in [0.717, 1.165) is 5.56 Å². The number of carbonyl (C=O) groups is 2. The van der Waals surface area contributed by atoms with Gasteiger partial charge in [-0.25, -0.2) is 9.78 Å². The molecule has 8 nitrogen and oxygen atoms in total. The summed E-state index contributed by atoms with van der Waals surface area (Å²) in [6, 6.07) is 14.3. The molecule has 0 atom stereocenters. The van der Waals surface area contributed by atoms with Gasteiger partial charge in [-0.05, 0) is 50.1 Å². The number of aromatic nitrogens is 2. The Morgan fingerprint density at radius 3 is 2.55 bits per heavy atom. The van der Waals surface area contributed by atoms with Crippen LogP contribution in [-0.4, -0.2) is 27.5 Å². The van der Waals surface area contributed by atoms with E-state index in [1.807, 2.05) is 38.1 Å². The van der Waals surface area contributed by atoms with Crippen LogP contribution >= 0.6 is 0 Å². The number of hydrogen-bond donors (Lipinski definition) is 3. The number of amides is 3. The summed E-state index contributed by atoms with van der Waals surface area (Å²) in [4.78, 5) is 40.6. The van der Waals surface area contributed by atoms with Crippen molar-refractivity contribution in [2.75, 3.05) is 5.32 Å². The van der Waals surface area contributed by atoms with Crippen LogP contribution in [0.15, 0.2) is 59.7 Å². The van der Waals surface area contributed by atoms with Crippen LogP contribution in [0.4, 0.5) is 10.5 Å². The van der Waals surface area contributed by atoms with Crippen LogP contribution < -0.4 is 21.5 Å². The highest BCUT2D eigenvalue weighted by molar-refractivity contribution is 5.89. The van der Waals surface area contributed by atoms with E-state index in [2.05, 4.69) is 20.9 Å². The first-order chi connectivity index (χ1) is 14.9. The lowest BCUT2D eigenvalue weighted by atomic mass is 10.2. The Balaban J connectivity index is 1.43. The number of urea groups is 1. The lowest BCUT2D eigenvalue weighted by Crippen LogP contribution is -2.34. The molecular formula is C23H27N5O3. The molecule has 3 N–H and O–H groups in total. The SMILES string of the molecule is CC(C)NC(=O)Nc1ccc(CNC(=O)CCCn2cnc3ccccc3c2=O)cc1. The molecule has 0 aliphatic heterocycles. The monoisotopic (exact) mass is 421 g/mol. The third-order valence-electron chi connectivity index (χ3n) is 4.66. The molecule has 0 spiro atoms. The highest BCUT2D eigenvalue weighted by atomic mass is 16.2. The molecule has 3 aromatic rings. The number of fused-ring (bicyclic) bond motifs is 1. The number of para-hydroxylation sites is 1. The summed E-state index contributed by atoms with van der Waals surface area (Å²) in [5, 5.41) is 8.96. The molecule has 0 radical (unpaired) electrons. The molecule has 0 saturated heterocycles. The topological polar surface area (TPSA) is 105 Å². The summed E-state index contributed by atoms with van der Waals surface area (Å²) in [6.07, 6.45) is 2.38. The molecule has 0 aliphatic carbocycles. The molecule has 2 aromatic carbocycles. The van der Waals surface area contributed by atoms with Gasteiger partial charge in [0.15, 0.2) is 0 Å². The number of hydrogen-bond acceptors (Lipinski definition) is 4. The van der Waals surface area contributed by atoms with Crippen LogP contribution in [0, 0.1) is 0 Å². The quantitative estimate of drug-likeness (QED) is 0.520. The van der Waals surface area contributed by atoms with Gasteiger partial charge in [-0.15, -0.1) is 0 Å². The Bertz CT molecular complexity index is 1110. The molecule has 0 aliphatic rings. The van der Waals surface area contributed by atoms with Crippen molar-refractivity contribution in [3.63, 3.8) is 0 Å². The van der Waals surface area contributed by atoms with Gasteiger partial charge >= 0.3 is 6.03 Å². The Labute approximate surface area is 180 Å². The second kappa shape index (κ2) is 10.4. The zero-order chi connectivity index (χ0) is 22.2. The smallest absolute Gasteiger partial charge is 0.319 e. The predicted molar refractivity (Wildman–Crippen MR) is 121 cm³/mol. The largest absolute Gasteiger partial charge is 0.352 e. The lowest BCUT2D eigenvalue weighted by molar-refractivity contribution is -0.121. The number of rotatable bonds is 8. The molecule has 0 unspecified atom stereocenters. The Kier molecular flexibility index (Phi) is 7.37. The summed E-state index contributed by atoms with van der Waals surface area (Å²) in [5.41, 5.74) is 2.19. The van der Waals surface area contributed by atoms with E-state index in [-0.39, 0.29) is 23.5 Å². The van der Waals surface area contributed by atoms with Crippen molar-refractivity contribution in [3.8, 4) is 0 Å². The molecule has 1 heterocycles.